The monoisotopic (exact) mass is 310 g/mol. The minimum absolute atomic E-state index is 0.251. The molecular formula is C18H30O4. The van der Waals surface area contributed by atoms with Crippen molar-refractivity contribution in [2.45, 2.75) is 64.1 Å². The lowest BCUT2D eigenvalue weighted by atomic mass is 10.1. The van der Waals surface area contributed by atoms with E-state index in [4.69, 9.17) is 0 Å². The number of hydrogen-bond acceptors (Lipinski definition) is 4. The van der Waals surface area contributed by atoms with Crippen molar-refractivity contribution in [3.63, 3.8) is 0 Å². The van der Waals surface area contributed by atoms with Crippen molar-refractivity contribution >= 4 is 5.97 Å². The number of unbranched alkanes of at least 4 members (excludes halogenated alkanes) is 2. The minimum atomic E-state index is -0.557. The first kappa shape index (κ1) is 20.6. The second-order valence-corrected chi connectivity index (χ2v) is 5.25. The van der Waals surface area contributed by atoms with Gasteiger partial charge >= 0.3 is 5.97 Å². The third-order valence-electron chi connectivity index (χ3n) is 3.21. The maximum Gasteiger partial charge on any atom is 0.305 e. The molecule has 0 aromatic heterocycles. The van der Waals surface area contributed by atoms with Gasteiger partial charge in [-0.1, -0.05) is 62.6 Å². The molecule has 0 bridgehead atoms. The van der Waals surface area contributed by atoms with Gasteiger partial charge in [-0.05, 0) is 19.3 Å². The van der Waals surface area contributed by atoms with Gasteiger partial charge in [-0.3, -0.25) is 4.79 Å². The summed E-state index contributed by atoms with van der Waals surface area (Å²) in [6.07, 6.45) is 15.3. The quantitative estimate of drug-likeness (QED) is 0.330. The largest absolute Gasteiger partial charge is 0.469 e. The predicted octanol–water partition coefficient (Wildman–Crippen LogP) is 3.30. The first-order valence-electron chi connectivity index (χ1n) is 8.04. The molecule has 2 unspecified atom stereocenters. The van der Waals surface area contributed by atoms with Crippen LogP contribution in [0.3, 0.4) is 0 Å². The van der Waals surface area contributed by atoms with Gasteiger partial charge in [0.2, 0.25) is 0 Å². The number of hydrogen-bond donors (Lipinski definition) is 2. The van der Waals surface area contributed by atoms with Crippen LogP contribution in [0.1, 0.15) is 51.9 Å². The van der Waals surface area contributed by atoms with Gasteiger partial charge in [-0.2, -0.15) is 0 Å². The smallest absolute Gasteiger partial charge is 0.305 e. The van der Waals surface area contributed by atoms with Crippen molar-refractivity contribution in [3.8, 4) is 0 Å². The molecule has 0 fully saturated rings. The number of aliphatic hydroxyl groups is 2. The molecule has 4 nitrogen and oxygen atoms in total. The molecule has 4 heteroatoms. The third kappa shape index (κ3) is 13.6. The number of ether oxygens (including phenoxy) is 1. The lowest BCUT2D eigenvalue weighted by Crippen LogP contribution is -2.05. The molecule has 126 valence electrons. The molecule has 0 aromatic carbocycles. The van der Waals surface area contributed by atoms with Gasteiger partial charge in [0.15, 0.2) is 0 Å². The maximum atomic E-state index is 10.9. The van der Waals surface area contributed by atoms with Gasteiger partial charge in [-0.25, -0.2) is 0 Å². The molecular weight excluding hydrogens is 280 g/mol. The number of methoxy groups -OCH3 is 1. The summed E-state index contributed by atoms with van der Waals surface area (Å²) in [5.74, 6) is -0.251. The molecule has 0 spiro atoms. The summed E-state index contributed by atoms with van der Waals surface area (Å²) in [5.41, 5.74) is 0. The highest BCUT2D eigenvalue weighted by Crippen LogP contribution is 2.05. The molecule has 2 atom stereocenters. The zero-order valence-electron chi connectivity index (χ0n) is 13.8. The topological polar surface area (TPSA) is 66.8 Å². The summed E-state index contributed by atoms with van der Waals surface area (Å²) in [6.45, 7) is 2.14. The maximum absolute atomic E-state index is 10.9. The van der Waals surface area contributed by atoms with Crippen molar-refractivity contribution in [3.05, 3.63) is 36.5 Å². The Morgan fingerprint density at radius 1 is 0.955 bits per heavy atom. The van der Waals surface area contributed by atoms with E-state index >= 15 is 0 Å². The zero-order chi connectivity index (χ0) is 16.6. The van der Waals surface area contributed by atoms with Gasteiger partial charge in [0, 0.05) is 6.42 Å². The Morgan fingerprint density at radius 2 is 1.50 bits per heavy atom. The number of carbonyl (C=O) groups is 1. The minimum Gasteiger partial charge on any atom is -0.469 e. The van der Waals surface area contributed by atoms with Crippen molar-refractivity contribution in [1.29, 1.82) is 0 Å². The molecule has 0 radical (unpaired) electrons. The summed E-state index contributed by atoms with van der Waals surface area (Å²) < 4.78 is 4.53. The van der Waals surface area contributed by atoms with Crippen LogP contribution in [-0.4, -0.2) is 35.5 Å². The Bertz CT molecular complexity index is 358. The van der Waals surface area contributed by atoms with Gasteiger partial charge in [-0.15, -0.1) is 0 Å². The Labute approximate surface area is 134 Å². The Kier molecular flexibility index (Phi) is 13.6. The van der Waals surface area contributed by atoms with Crippen LogP contribution >= 0.6 is 0 Å². The van der Waals surface area contributed by atoms with Crippen LogP contribution in [0.25, 0.3) is 0 Å². The molecule has 0 saturated carbocycles. The Hall–Kier alpha value is -1.39. The van der Waals surface area contributed by atoms with Gasteiger partial charge in [0.25, 0.3) is 0 Å². The van der Waals surface area contributed by atoms with Crippen LogP contribution in [-0.2, 0) is 9.53 Å². The lowest BCUT2D eigenvalue weighted by molar-refractivity contribution is -0.140. The molecule has 0 saturated heterocycles. The fourth-order valence-corrected chi connectivity index (χ4v) is 1.87. The van der Waals surface area contributed by atoms with Crippen LogP contribution in [0, 0.1) is 0 Å². The SMILES string of the molecule is CCCCCC(O)/C=C/C=C/C=C\C(O)CCCC(=O)OC. The normalized spacial score (nSPS) is 14.9. The molecule has 0 aliphatic rings. The standard InChI is InChI=1S/C18H30O4/c1-3-4-7-11-16(19)12-8-5-6-9-13-17(20)14-10-15-18(21)22-2/h5-6,8-9,12-13,16-17,19-20H,3-4,7,10-11,14-15H2,1-2H3/b6-5+,12-8+,13-9-. The van der Waals surface area contributed by atoms with Crippen molar-refractivity contribution in [2.24, 2.45) is 0 Å². The van der Waals surface area contributed by atoms with E-state index in [1.54, 1.807) is 24.3 Å². The highest BCUT2D eigenvalue weighted by atomic mass is 16.5. The van der Waals surface area contributed by atoms with Crippen LogP contribution in [0.2, 0.25) is 0 Å². The van der Waals surface area contributed by atoms with E-state index in [-0.39, 0.29) is 12.1 Å². The fraction of sp³-hybridized carbons (Fsp3) is 0.611. The van der Waals surface area contributed by atoms with Crippen LogP contribution in [0.15, 0.2) is 36.5 Å². The average Bonchev–Trinajstić information content (AvgIpc) is 2.50. The Morgan fingerprint density at radius 3 is 2.00 bits per heavy atom. The number of aliphatic hydroxyl groups excluding tert-OH is 2. The highest BCUT2D eigenvalue weighted by molar-refractivity contribution is 5.68. The summed E-state index contributed by atoms with van der Waals surface area (Å²) in [5, 5.41) is 19.3. The van der Waals surface area contributed by atoms with E-state index in [2.05, 4.69) is 11.7 Å². The van der Waals surface area contributed by atoms with Gasteiger partial charge < -0.3 is 14.9 Å². The second kappa shape index (κ2) is 14.5. The van der Waals surface area contributed by atoms with Crippen LogP contribution in [0.4, 0.5) is 0 Å². The lowest BCUT2D eigenvalue weighted by Gasteiger charge is -2.03. The molecule has 0 aliphatic carbocycles. The van der Waals surface area contributed by atoms with E-state index in [9.17, 15) is 15.0 Å². The van der Waals surface area contributed by atoms with E-state index in [0.29, 0.717) is 19.3 Å². The molecule has 0 aromatic rings. The van der Waals surface area contributed by atoms with E-state index in [1.807, 2.05) is 12.2 Å². The average molecular weight is 310 g/mol. The van der Waals surface area contributed by atoms with Crippen molar-refractivity contribution in [2.75, 3.05) is 7.11 Å². The zero-order valence-corrected chi connectivity index (χ0v) is 13.8. The molecule has 0 rings (SSSR count). The number of allylic oxidation sites excluding steroid dienone is 4. The van der Waals surface area contributed by atoms with Gasteiger partial charge in [0.1, 0.15) is 0 Å². The highest BCUT2D eigenvalue weighted by Gasteiger charge is 2.03. The first-order chi connectivity index (χ1) is 10.6. The summed E-state index contributed by atoms with van der Waals surface area (Å²) in [4.78, 5) is 10.9. The summed E-state index contributed by atoms with van der Waals surface area (Å²) in [6, 6.07) is 0. The second-order valence-electron chi connectivity index (χ2n) is 5.25. The number of carbonyl (C=O) groups excluding carboxylic acids is 1. The van der Waals surface area contributed by atoms with E-state index < -0.39 is 6.10 Å². The molecule has 22 heavy (non-hydrogen) atoms. The summed E-state index contributed by atoms with van der Waals surface area (Å²) >= 11 is 0. The van der Waals surface area contributed by atoms with E-state index in [1.165, 1.54) is 7.11 Å². The van der Waals surface area contributed by atoms with Crippen molar-refractivity contribution < 1.29 is 19.7 Å². The van der Waals surface area contributed by atoms with Crippen LogP contribution in [0.5, 0.6) is 0 Å². The summed E-state index contributed by atoms with van der Waals surface area (Å²) in [7, 11) is 1.36. The molecule has 0 amide bonds. The number of esters is 1. The molecule has 0 heterocycles. The fourth-order valence-electron chi connectivity index (χ4n) is 1.87. The first-order valence-corrected chi connectivity index (χ1v) is 8.04. The van der Waals surface area contributed by atoms with Crippen molar-refractivity contribution in [1.82, 2.24) is 0 Å². The number of rotatable bonds is 12. The van der Waals surface area contributed by atoms with Gasteiger partial charge in [0.05, 0.1) is 19.3 Å². The third-order valence-corrected chi connectivity index (χ3v) is 3.21. The van der Waals surface area contributed by atoms with E-state index in [0.717, 1.165) is 25.7 Å². The predicted molar refractivity (Wildman–Crippen MR) is 89.4 cm³/mol. The Balaban J connectivity index is 3.79. The molecule has 0 aliphatic heterocycles. The van der Waals surface area contributed by atoms with Crippen LogP contribution < -0.4 is 0 Å². The molecule has 2 N–H and O–H groups in total.